The molecule has 27 heavy (non-hydrogen) atoms. The molecule has 1 unspecified atom stereocenters. The van der Waals surface area contributed by atoms with Crippen LogP contribution >= 0.6 is 0 Å². The average Bonchev–Trinajstić information content (AvgIpc) is 2.65. The number of nitrogens with zero attached hydrogens (tertiary/aromatic N) is 2. The first-order valence-corrected chi connectivity index (χ1v) is 8.00. The number of aliphatic hydroxyl groups excluding tert-OH is 2. The SMILES string of the molecule is OCC(O)CNc1nnc(-c2ccc(C(F)(F)F)cc2O)c2ccccc12. The first-order valence-electron chi connectivity index (χ1n) is 8.00. The van der Waals surface area contributed by atoms with Gasteiger partial charge in [0.05, 0.1) is 18.3 Å². The Kier molecular flexibility index (Phi) is 5.15. The monoisotopic (exact) mass is 379 g/mol. The van der Waals surface area contributed by atoms with Crippen LogP contribution in [0.3, 0.4) is 0 Å². The van der Waals surface area contributed by atoms with Crippen LogP contribution in [-0.4, -0.2) is 44.8 Å². The molecule has 0 bridgehead atoms. The molecule has 3 rings (SSSR count). The third kappa shape index (κ3) is 3.93. The highest BCUT2D eigenvalue weighted by Crippen LogP contribution is 2.38. The predicted molar refractivity (Wildman–Crippen MR) is 93.2 cm³/mol. The second-order valence-electron chi connectivity index (χ2n) is 5.89. The molecule has 0 aliphatic carbocycles. The molecule has 1 heterocycles. The Morgan fingerprint density at radius 1 is 1.04 bits per heavy atom. The maximum absolute atomic E-state index is 12.8. The Hall–Kier alpha value is -2.91. The molecule has 0 aliphatic heterocycles. The van der Waals surface area contributed by atoms with Crippen molar-refractivity contribution < 1.29 is 28.5 Å². The van der Waals surface area contributed by atoms with E-state index in [4.69, 9.17) is 5.11 Å². The van der Waals surface area contributed by atoms with E-state index in [0.29, 0.717) is 22.7 Å². The number of halogens is 3. The van der Waals surface area contributed by atoms with Crippen LogP contribution in [0.25, 0.3) is 22.0 Å². The highest BCUT2D eigenvalue weighted by molar-refractivity contribution is 6.00. The Morgan fingerprint density at radius 2 is 1.74 bits per heavy atom. The largest absolute Gasteiger partial charge is 0.507 e. The molecule has 6 nitrogen and oxygen atoms in total. The molecule has 142 valence electrons. The fourth-order valence-electron chi connectivity index (χ4n) is 2.62. The molecular weight excluding hydrogens is 363 g/mol. The van der Waals surface area contributed by atoms with Crippen LogP contribution in [0.2, 0.25) is 0 Å². The minimum atomic E-state index is -4.56. The molecule has 0 saturated carbocycles. The van der Waals surface area contributed by atoms with Gasteiger partial charge in [-0.3, -0.25) is 0 Å². The Balaban J connectivity index is 2.06. The summed E-state index contributed by atoms with van der Waals surface area (Å²) in [4.78, 5) is 0. The van der Waals surface area contributed by atoms with Crippen LogP contribution in [0.15, 0.2) is 42.5 Å². The van der Waals surface area contributed by atoms with Crippen molar-refractivity contribution in [1.29, 1.82) is 0 Å². The van der Waals surface area contributed by atoms with E-state index in [2.05, 4.69) is 15.5 Å². The number of aromatic hydroxyl groups is 1. The number of nitrogens with one attached hydrogen (secondary N) is 1. The van der Waals surface area contributed by atoms with Crippen molar-refractivity contribution in [2.24, 2.45) is 0 Å². The van der Waals surface area contributed by atoms with Crippen LogP contribution in [0.4, 0.5) is 19.0 Å². The minimum absolute atomic E-state index is 0.0417. The molecule has 0 saturated heterocycles. The van der Waals surface area contributed by atoms with Gasteiger partial charge in [-0.2, -0.15) is 13.2 Å². The first-order chi connectivity index (χ1) is 12.8. The number of phenolic OH excluding ortho intramolecular Hbond substituents is 1. The second kappa shape index (κ2) is 7.37. The zero-order chi connectivity index (χ0) is 19.6. The van der Waals surface area contributed by atoms with E-state index in [1.807, 2.05) is 0 Å². The number of benzene rings is 2. The van der Waals surface area contributed by atoms with Crippen molar-refractivity contribution in [3.05, 3.63) is 48.0 Å². The number of rotatable bonds is 5. The van der Waals surface area contributed by atoms with Gasteiger partial charge in [0.25, 0.3) is 0 Å². The summed E-state index contributed by atoms with van der Waals surface area (Å²) in [6.45, 7) is -0.379. The first kappa shape index (κ1) is 18.9. The summed E-state index contributed by atoms with van der Waals surface area (Å²) in [6.07, 6.45) is -5.55. The Bertz CT molecular complexity index is 963. The number of hydrogen-bond acceptors (Lipinski definition) is 6. The van der Waals surface area contributed by atoms with Crippen molar-refractivity contribution >= 4 is 16.6 Å². The number of anilines is 1. The maximum atomic E-state index is 12.8. The van der Waals surface area contributed by atoms with Crippen molar-refractivity contribution in [1.82, 2.24) is 10.2 Å². The normalized spacial score (nSPS) is 12.9. The van der Waals surface area contributed by atoms with Crippen LogP contribution < -0.4 is 5.32 Å². The molecule has 0 aliphatic rings. The third-order valence-electron chi connectivity index (χ3n) is 3.98. The molecule has 0 spiro atoms. The van der Waals surface area contributed by atoms with Crippen molar-refractivity contribution in [2.75, 3.05) is 18.5 Å². The van der Waals surface area contributed by atoms with E-state index in [1.165, 1.54) is 0 Å². The van der Waals surface area contributed by atoms with Crippen molar-refractivity contribution in [2.45, 2.75) is 12.3 Å². The topological polar surface area (TPSA) is 98.5 Å². The van der Waals surface area contributed by atoms with Gasteiger partial charge in [0.15, 0.2) is 5.82 Å². The lowest BCUT2D eigenvalue weighted by Gasteiger charge is -2.14. The standard InChI is InChI=1S/C18H16F3N3O3/c19-18(20,21)10-5-6-14(15(27)7-10)16-12-3-1-2-4-13(12)17(24-23-16)22-8-11(26)9-25/h1-7,11,25-27H,8-9H2,(H,22,24). The molecule has 0 amide bonds. The lowest BCUT2D eigenvalue weighted by atomic mass is 10.0. The molecule has 9 heteroatoms. The van der Waals surface area contributed by atoms with E-state index in [-0.39, 0.29) is 17.8 Å². The van der Waals surface area contributed by atoms with Gasteiger partial charge >= 0.3 is 6.18 Å². The number of phenols is 1. The number of fused-ring (bicyclic) bond motifs is 1. The highest BCUT2D eigenvalue weighted by Gasteiger charge is 2.31. The van der Waals surface area contributed by atoms with Gasteiger partial charge in [0.2, 0.25) is 0 Å². The quantitative estimate of drug-likeness (QED) is 0.544. The number of aliphatic hydroxyl groups is 2. The molecule has 1 atom stereocenters. The molecule has 1 aromatic heterocycles. The van der Waals surface area contributed by atoms with E-state index in [1.54, 1.807) is 24.3 Å². The molecule has 2 aromatic carbocycles. The van der Waals surface area contributed by atoms with Gasteiger partial charge in [-0.15, -0.1) is 10.2 Å². The summed E-state index contributed by atoms with van der Waals surface area (Å²) < 4.78 is 38.4. The second-order valence-corrected chi connectivity index (χ2v) is 5.89. The summed E-state index contributed by atoms with van der Waals surface area (Å²) >= 11 is 0. The molecule has 3 aromatic rings. The Labute approximate surface area is 151 Å². The smallest absolute Gasteiger partial charge is 0.416 e. The summed E-state index contributed by atoms with van der Waals surface area (Å²) in [5, 5.41) is 40.5. The van der Waals surface area contributed by atoms with E-state index < -0.39 is 30.2 Å². The van der Waals surface area contributed by atoms with E-state index in [0.717, 1.165) is 12.1 Å². The summed E-state index contributed by atoms with van der Waals surface area (Å²) in [5.74, 6) is -0.214. The van der Waals surface area contributed by atoms with Gasteiger partial charge in [0.1, 0.15) is 11.4 Å². The van der Waals surface area contributed by atoms with Crippen molar-refractivity contribution in [3.63, 3.8) is 0 Å². The van der Waals surface area contributed by atoms with Gasteiger partial charge in [0, 0.05) is 22.9 Å². The zero-order valence-electron chi connectivity index (χ0n) is 13.9. The highest BCUT2D eigenvalue weighted by atomic mass is 19.4. The summed E-state index contributed by atoms with van der Waals surface area (Å²) in [6, 6.07) is 9.56. The van der Waals surface area contributed by atoms with Gasteiger partial charge in [-0.1, -0.05) is 24.3 Å². The average molecular weight is 379 g/mol. The summed E-state index contributed by atoms with van der Waals surface area (Å²) in [5.41, 5.74) is -0.615. The molecular formula is C18H16F3N3O3. The van der Waals surface area contributed by atoms with Crippen molar-refractivity contribution in [3.8, 4) is 17.0 Å². The van der Waals surface area contributed by atoms with Crippen LogP contribution in [0.5, 0.6) is 5.75 Å². The fraction of sp³-hybridized carbons (Fsp3) is 0.222. The van der Waals surface area contributed by atoms with Crippen LogP contribution in [0, 0.1) is 0 Å². The van der Waals surface area contributed by atoms with Gasteiger partial charge in [-0.05, 0) is 18.2 Å². The van der Waals surface area contributed by atoms with E-state index >= 15 is 0 Å². The molecule has 0 fully saturated rings. The van der Waals surface area contributed by atoms with E-state index in [9.17, 15) is 23.4 Å². The zero-order valence-corrected chi connectivity index (χ0v) is 13.9. The van der Waals surface area contributed by atoms with Gasteiger partial charge in [-0.25, -0.2) is 0 Å². The number of alkyl halides is 3. The fourth-order valence-corrected chi connectivity index (χ4v) is 2.62. The lowest BCUT2D eigenvalue weighted by molar-refractivity contribution is -0.137. The third-order valence-corrected chi connectivity index (χ3v) is 3.98. The number of aromatic nitrogens is 2. The Morgan fingerprint density at radius 3 is 2.37 bits per heavy atom. The minimum Gasteiger partial charge on any atom is -0.507 e. The van der Waals surface area contributed by atoms with Crippen LogP contribution in [-0.2, 0) is 6.18 Å². The molecule has 0 radical (unpaired) electrons. The lowest BCUT2D eigenvalue weighted by Crippen LogP contribution is -2.23. The number of hydrogen-bond donors (Lipinski definition) is 4. The van der Waals surface area contributed by atoms with Crippen LogP contribution in [0.1, 0.15) is 5.56 Å². The predicted octanol–water partition coefficient (Wildman–Crippen LogP) is 2.79. The summed E-state index contributed by atoms with van der Waals surface area (Å²) in [7, 11) is 0. The molecule has 4 N–H and O–H groups in total. The van der Waals surface area contributed by atoms with Gasteiger partial charge < -0.3 is 20.6 Å². The maximum Gasteiger partial charge on any atom is 0.416 e.